The number of aromatic nitrogens is 2. The van der Waals surface area contributed by atoms with Crippen LogP contribution in [0.4, 0.5) is 0 Å². The van der Waals surface area contributed by atoms with Gasteiger partial charge in [-0.05, 0) is 38.0 Å². The minimum Gasteiger partial charge on any atom is -0.493 e. The summed E-state index contributed by atoms with van der Waals surface area (Å²) < 4.78 is 7.37. The molecule has 1 aliphatic rings. The highest BCUT2D eigenvalue weighted by Gasteiger charge is 2.26. The van der Waals surface area contributed by atoms with Gasteiger partial charge in [0, 0.05) is 18.7 Å². The highest BCUT2D eigenvalue weighted by Crippen LogP contribution is 2.33. The van der Waals surface area contributed by atoms with E-state index >= 15 is 0 Å². The van der Waals surface area contributed by atoms with Crippen LogP contribution in [0.2, 0.25) is 0 Å². The molecule has 144 valence electrons. The lowest BCUT2D eigenvalue weighted by molar-refractivity contribution is -0.123. The fraction of sp³-hybridized carbons (Fsp3) is 0.318. The largest absolute Gasteiger partial charge is 0.493 e. The van der Waals surface area contributed by atoms with Crippen molar-refractivity contribution in [3.05, 3.63) is 70.1 Å². The molecule has 28 heavy (non-hydrogen) atoms. The molecule has 0 radical (unpaired) electrons. The third kappa shape index (κ3) is 3.50. The summed E-state index contributed by atoms with van der Waals surface area (Å²) in [6, 6.07) is 15.3. The molecule has 1 atom stereocenters. The molecule has 1 amide bonds. The maximum Gasteiger partial charge on any atom is 0.272 e. The topological polar surface area (TPSA) is 73.2 Å². The van der Waals surface area contributed by atoms with Gasteiger partial charge in [-0.1, -0.05) is 30.3 Å². The van der Waals surface area contributed by atoms with Gasteiger partial charge in [0.05, 0.1) is 23.6 Å². The van der Waals surface area contributed by atoms with E-state index in [0.29, 0.717) is 38.2 Å². The van der Waals surface area contributed by atoms with E-state index in [1.165, 1.54) is 0 Å². The number of para-hydroxylation sites is 3. The van der Waals surface area contributed by atoms with Gasteiger partial charge in [-0.15, -0.1) is 0 Å². The standard InChI is InChI=1S/C22H23N3O3/c1-15-22(27)25(19-9-4-3-8-18(19)24-15)13-6-12-23-21(26)17-11-14-28-20-10-5-2-7-16(17)20/h2-5,7-10,17H,6,11-14H2,1H3,(H,23,26)/t17-/m0/s1. The Morgan fingerprint density at radius 3 is 2.89 bits per heavy atom. The van der Waals surface area contributed by atoms with Crippen LogP contribution in [-0.4, -0.2) is 28.6 Å². The number of benzene rings is 2. The van der Waals surface area contributed by atoms with Gasteiger partial charge in [0.2, 0.25) is 5.91 Å². The highest BCUT2D eigenvalue weighted by atomic mass is 16.5. The van der Waals surface area contributed by atoms with E-state index < -0.39 is 0 Å². The molecule has 0 fully saturated rings. The third-order valence-corrected chi connectivity index (χ3v) is 5.15. The van der Waals surface area contributed by atoms with Crippen LogP contribution in [-0.2, 0) is 11.3 Å². The summed E-state index contributed by atoms with van der Waals surface area (Å²) in [5, 5.41) is 3.02. The molecule has 0 spiro atoms. The molecule has 0 aliphatic carbocycles. The molecule has 1 N–H and O–H groups in total. The van der Waals surface area contributed by atoms with Gasteiger partial charge in [0.25, 0.3) is 5.56 Å². The molecule has 2 aromatic carbocycles. The number of ether oxygens (including phenoxy) is 1. The average molecular weight is 377 g/mol. The molecule has 6 heteroatoms. The number of carbonyl (C=O) groups is 1. The second kappa shape index (κ2) is 7.84. The maximum absolute atomic E-state index is 12.7. The number of fused-ring (bicyclic) bond motifs is 2. The van der Waals surface area contributed by atoms with Gasteiger partial charge >= 0.3 is 0 Å². The minimum absolute atomic E-state index is 0.0128. The fourth-order valence-corrected chi connectivity index (χ4v) is 3.73. The van der Waals surface area contributed by atoms with Crippen LogP contribution in [0.5, 0.6) is 5.75 Å². The van der Waals surface area contributed by atoms with Crippen molar-refractivity contribution < 1.29 is 9.53 Å². The number of aryl methyl sites for hydroxylation is 2. The second-order valence-corrected chi connectivity index (χ2v) is 7.01. The Morgan fingerprint density at radius 1 is 1.21 bits per heavy atom. The third-order valence-electron chi connectivity index (χ3n) is 5.15. The molecule has 4 rings (SSSR count). The van der Waals surface area contributed by atoms with E-state index in [4.69, 9.17) is 4.74 Å². The monoisotopic (exact) mass is 377 g/mol. The van der Waals surface area contributed by atoms with Crippen molar-refractivity contribution in [2.24, 2.45) is 0 Å². The fourth-order valence-electron chi connectivity index (χ4n) is 3.73. The van der Waals surface area contributed by atoms with E-state index in [1.807, 2.05) is 48.5 Å². The molecule has 1 aliphatic heterocycles. The average Bonchev–Trinajstić information content (AvgIpc) is 2.73. The van der Waals surface area contributed by atoms with Crippen LogP contribution in [0, 0.1) is 6.92 Å². The SMILES string of the molecule is Cc1nc2ccccc2n(CCCNC(=O)[C@H]2CCOc3ccccc32)c1=O. The van der Waals surface area contributed by atoms with Gasteiger partial charge in [-0.2, -0.15) is 0 Å². The summed E-state index contributed by atoms with van der Waals surface area (Å²) in [6.07, 6.45) is 1.35. The number of hydrogen-bond acceptors (Lipinski definition) is 4. The van der Waals surface area contributed by atoms with Crippen LogP contribution in [0.15, 0.2) is 53.3 Å². The van der Waals surface area contributed by atoms with Crippen LogP contribution >= 0.6 is 0 Å². The predicted molar refractivity (Wildman–Crippen MR) is 108 cm³/mol. The summed E-state index contributed by atoms with van der Waals surface area (Å²) >= 11 is 0. The lowest BCUT2D eigenvalue weighted by Crippen LogP contribution is -2.34. The van der Waals surface area contributed by atoms with Gasteiger partial charge < -0.3 is 14.6 Å². The summed E-state index contributed by atoms with van der Waals surface area (Å²) in [7, 11) is 0. The zero-order chi connectivity index (χ0) is 19.5. The Kier molecular flexibility index (Phi) is 5.10. The Hall–Kier alpha value is -3.15. The van der Waals surface area contributed by atoms with E-state index in [-0.39, 0.29) is 17.4 Å². The molecule has 2 heterocycles. The Morgan fingerprint density at radius 2 is 2.00 bits per heavy atom. The van der Waals surface area contributed by atoms with Crippen molar-refractivity contribution in [1.82, 2.24) is 14.9 Å². The first-order valence-corrected chi connectivity index (χ1v) is 9.61. The molecule has 0 bridgehead atoms. The lowest BCUT2D eigenvalue weighted by Gasteiger charge is -2.25. The van der Waals surface area contributed by atoms with Crippen molar-refractivity contribution in [3.8, 4) is 5.75 Å². The van der Waals surface area contributed by atoms with Crippen LogP contribution < -0.4 is 15.6 Å². The van der Waals surface area contributed by atoms with E-state index in [9.17, 15) is 9.59 Å². The Bertz CT molecular complexity index is 1070. The number of rotatable bonds is 5. The first kappa shape index (κ1) is 18.2. The van der Waals surface area contributed by atoms with Gasteiger partial charge in [-0.25, -0.2) is 4.98 Å². The first-order valence-electron chi connectivity index (χ1n) is 9.61. The molecule has 6 nitrogen and oxygen atoms in total. The lowest BCUT2D eigenvalue weighted by atomic mass is 9.92. The normalized spacial score (nSPS) is 15.7. The van der Waals surface area contributed by atoms with Crippen LogP contribution in [0.1, 0.15) is 30.0 Å². The van der Waals surface area contributed by atoms with E-state index in [2.05, 4.69) is 10.3 Å². The summed E-state index contributed by atoms with van der Waals surface area (Å²) in [4.78, 5) is 29.5. The number of nitrogens with zero attached hydrogens (tertiary/aromatic N) is 2. The van der Waals surface area contributed by atoms with Crippen LogP contribution in [0.3, 0.4) is 0 Å². The second-order valence-electron chi connectivity index (χ2n) is 7.01. The van der Waals surface area contributed by atoms with Crippen LogP contribution in [0.25, 0.3) is 11.0 Å². The molecule has 0 saturated heterocycles. The van der Waals surface area contributed by atoms with Gasteiger partial charge in [-0.3, -0.25) is 9.59 Å². The maximum atomic E-state index is 12.7. The van der Waals surface area contributed by atoms with Crippen molar-refractivity contribution in [1.29, 1.82) is 0 Å². The first-order chi connectivity index (χ1) is 13.6. The summed E-state index contributed by atoms with van der Waals surface area (Å²) in [5.74, 6) is 0.620. The van der Waals surface area contributed by atoms with E-state index in [0.717, 1.165) is 22.3 Å². The zero-order valence-corrected chi connectivity index (χ0v) is 15.9. The summed E-state index contributed by atoms with van der Waals surface area (Å²) in [5.41, 5.74) is 2.98. The predicted octanol–water partition coefficient (Wildman–Crippen LogP) is 2.78. The summed E-state index contributed by atoms with van der Waals surface area (Å²) in [6.45, 7) is 3.33. The van der Waals surface area contributed by atoms with E-state index in [1.54, 1.807) is 11.5 Å². The molecule has 0 saturated carbocycles. The van der Waals surface area contributed by atoms with Crippen molar-refractivity contribution in [3.63, 3.8) is 0 Å². The molecular formula is C22H23N3O3. The number of amides is 1. The van der Waals surface area contributed by atoms with Gasteiger partial charge in [0.1, 0.15) is 11.4 Å². The molecule has 0 unspecified atom stereocenters. The Balaban J connectivity index is 1.41. The quantitative estimate of drug-likeness (QED) is 0.694. The van der Waals surface area contributed by atoms with Gasteiger partial charge in [0.15, 0.2) is 0 Å². The number of carbonyl (C=O) groups excluding carboxylic acids is 1. The van der Waals surface area contributed by atoms with Crippen molar-refractivity contribution >= 4 is 16.9 Å². The van der Waals surface area contributed by atoms with Crippen molar-refractivity contribution in [2.45, 2.75) is 32.2 Å². The van der Waals surface area contributed by atoms with Crippen molar-refractivity contribution in [2.75, 3.05) is 13.2 Å². The molecule has 3 aromatic rings. The number of nitrogens with one attached hydrogen (secondary N) is 1. The Labute approximate surface area is 163 Å². The molecular weight excluding hydrogens is 354 g/mol. The molecule has 1 aromatic heterocycles. The highest BCUT2D eigenvalue weighted by molar-refractivity contribution is 5.84. The zero-order valence-electron chi connectivity index (χ0n) is 15.9. The minimum atomic E-state index is -0.184. The smallest absolute Gasteiger partial charge is 0.272 e. The number of hydrogen-bond donors (Lipinski definition) is 1.